The summed E-state index contributed by atoms with van der Waals surface area (Å²) in [5, 5.41) is 0. The highest BCUT2D eigenvalue weighted by atomic mass is 32.2. The van der Waals surface area contributed by atoms with Gasteiger partial charge in [-0.25, -0.2) is 0 Å². The minimum atomic E-state index is -5.69. The Morgan fingerprint density at radius 3 is 2.85 bits per heavy atom. The Hall–Kier alpha value is -1.35. The summed E-state index contributed by atoms with van der Waals surface area (Å²) in [6.07, 6.45) is 3.17. The van der Waals surface area contributed by atoms with Gasteiger partial charge in [-0.15, -0.1) is 0 Å². The predicted octanol–water partition coefficient (Wildman–Crippen LogP) is 1.68. The number of alkyl halides is 3. The predicted molar refractivity (Wildman–Crippen MR) is 62.4 cm³/mol. The molecular weight excluding hydrogens is 299 g/mol. The third-order valence-corrected chi connectivity index (χ3v) is 4.45. The molecular formula is C11H10F3NO4S. The highest BCUT2D eigenvalue weighted by Gasteiger charge is 2.67. The minimum Gasteiger partial charge on any atom is -0.376 e. The van der Waals surface area contributed by atoms with Gasteiger partial charge < -0.3 is 8.92 Å². The van der Waals surface area contributed by atoms with E-state index in [0.29, 0.717) is 18.7 Å². The first-order valence-corrected chi connectivity index (χ1v) is 7.25. The minimum absolute atomic E-state index is 0.174. The summed E-state index contributed by atoms with van der Waals surface area (Å²) >= 11 is 0. The van der Waals surface area contributed by atoms with Crippen LogP contribution < -0.4 is 0 Å². The van der Waals surface area contributed by atoms with Crippen molar-refractivity contribution in [2.75, 3.05) is 6.54 Å². The van der Waals surface area contributed by atoms with Gasteiger partial charge in [0.2, 0.25) is 0 Å². The number of hydrogen-bond acceptors (Lipinski definition) is 5. The van der Waals surface area contributed by atoms with Crippen molar-refractivity contribution in [3.63, 3.8) is 0 Å². The zero-order chi connectivity index (χ0) is 14.8. The number of nitrogens with zero attached hydrogens (tertiary/aromatic N) is 1. The lowest BCUT2D eigenvalue weighted by Gasteiger charge is -2.15. The van der Waals surface area contributed by atoms with Crippen LogP contribution in [0.5, 0.6) is 0 Å². The van der Waals surface area contributed by atoms with Gasteiger partial charge in [-0.2, -0.15) is 21.6 Å². The van der Waals surface area contributed by atoms with Gasteiger partial charge in [0, 0.05) is 18.2 Å². The van der Waals surface area contributed by atoms with Crippen LogP contribution in [-0.2, 0) is 19.0 Å². The van der Waals surface area contributed by atoms with E-state index < -0.39 is 21.2 Å². The van der Waals surface area contributed by atoms with E-state index in [0.717, 1.165) is 0 Å². The smallest absolute Gasteiger partial charge is 0.376 e. The highest BCUT2D eigenvalue weighted by molar-refractivity contribution is 7.87. The average Bonchev–Trinajstić information content (AvgIpc) is 2.96. The molecule has 5 nitrogen and oxygen atoms in total. The third-order valence-electron chi connectivity index (χ3n) is 3.48. The second kappa shape index (κ2) is 3.85. The summed E-state index contributed by atoms with van der Waals surface area (Å²) in [7, 11) is -5.69. The van der Waals surface area contributed by atoms with Crippen molar-refractivity contribution < 1.29 is 30.5 Å². The number of allylic oxidation sites excluding steroid dienone is 1. The zero-order valence-electron chi connectivity index (χ0n) is 10.3. The quantitative estimate of drug-likeness (QED) is 0.442. The van der Waals surface area contributed by atoms with Gasteiger partial charge in [-0.3, -0.25) is 4.99 Å². The molecule has 0 amide bonds. The van der Waals surface area contributed by atoms with E-state index in [9.17, 15) is 21.6 Å². The van der Waals surface area contributed by atoms with E-state index >= 15 is 0 Å². The van der Waals surface area contributed by atoms with Crippen LogP contribution in [0.15, 0.2) is 28.5 Å². The van der Waals surface area contributed by atoms with Crippen molar-refractivity contribution in [1.29, 1.82) is 0 Å². The summed E-state index contributed by atoms with van der Waals surface area (Å²) in [5.41, 5.74) is -5.66. The fraction of sp³-hybridized carbons (Fsp3) is 0.545. The Balaban J connectivity index is 1.97. The molecule has 1 aliphatic carbocycles. The van der Waals surface area contributed by atoms with Crippen LogP contribution >= 0.6 is 0 Å². The van der Waals surface area contributed by atoms with Crippen LogP contribution in [0.2, 0.25) is 0 Å². The molecule has 0 aromatic heterocycles. The number of rotatable bonds is 2. The number of aliphatic imine (C=N–C) groups is 1. The normalized spacial score (nSPS) is 34.2. The largest absolute Gasteiger partial charge is 0.534 e. The van der Waals surface area contributed by atoms with E-state index in [1.54, 1.807) is 6.92 Å². The molecule has 0 radical (unpaired) electrons. The second-order valence-electron chi connectivity index (χ2n) is 4.59. The monoisotopic (exact) mass is 309 g/mol. The Kier molecular flexibility index (Phi) is 2.62. The first kappa shape index (κ1) is 13.6. The SMILES string of the molecule is CC=C1C(OS(=O)(=O)C(F)(F)F)=CC2=NCC[C@H]3O[C@@]123. The highest BCUT2D eigenvalue weighted by Crippen LogP contribution is 2.55. The number of hydrogen-bond donors (Lipinski definition) is 0. The fourth-order valence-corrected chi connectivity index (χ4v) is 3.07. The van der Waals surface area contributed by atoms with Crippen LogP contribution in [0.25, 0.3) is 0 Å². The zero-order valence-corrected chi connectivity index (χ0v) is 11.1. The Labute approximate surface area is 112 Å². The van der Waals surface area contributed by atoms with Gasteiger partial charge in [-0.05, 0) is 13.3 Å². The molecule has 9 heteroatoms. The molecule has 3 aliphatic rings. The van der Waals surface area contributed by atoms with Gasteiger partial charge in [0.1, 0.15) is 6.10 Å². The molecule has 0 aromatic rings. The first-order chi connectivity index (χ1) is 9.22. The van der Waals surface area contributed by atoms with E-state index in [1.165, 1.54) is 12.2 Å². The number of epoxide rings is 1. The summed E-state index contributed by atoms with van der Waals surface area (Å²) in [4.78, 5) is 4.16. The van der Waals surface area contributed by atoms with Crippen LogP contribution in [0, 0.1) is 0 Å². The van der Waals surface area contributed by atoms with Crippen LogP contribution in [0.3, 0.4) is 0 Å². The molecule has 0 unspecified atom stereocenters. The van der Waals surface area contributed by atoms with E-state index in [-0.39, 0.29) is 17.4 Å². The van der Waals surface area contributed by atoms with Crippen molar-refractivity contribution in [2.24, 2.45) is 4.99 Å². The summed E-state index contributed by atoms with van der Waals surface area (Å²) in [6, 6.07) is 0. The molecule has 0 aromatic carbocycles. The molecule has 0 bridgehead atoms. The van der Waals surface area contributed by atoms with Crippen molar-refractivity contribution in [2.45, 2.75) is 30.6 Å². The van der Waals surface area contributed by atoms with Crippen LogP contribution in [0.1, 0.15) is 13.3 Å². The lowest BCUT2D eigenvalue weighted by molar-refractivity contribution is -0.0520. The molecule has 0 N–H and O–H groups in total. The molecule has 0 saturated carbocycles. The van der Waals surface area contributed by atoms with Crippen LogP contribution in [-0.4, -0.2) is 37.9 Å². The molecule has 1 spiro atoms. The molecule has 1 saturated heterocycles. The summed E-state index contributed by atoms with van der Waals surface area (Å²) < 4.78 is 69.1. The molecule has 20 heavy (non-hydrogen) atoms. The third kappa shape index (κ3) is 1.65. The molecule has 2 atom stereocenters. The molecule has 2 aliphatic heterocycles. The molecule has 3 rings (SSSR count). The summed E-state index contributed by atoms with van der Waals surface area (Å²) in [6.45, 7) is 2.08. The maximum Gasteiger partial charge on any atom is 0.534 e. The number of halogens is 3. The van der Waals surface area contributed by atoms with Crippen molar-refractivity contribution >= 4 is 15.8 Å². The van der Waals surface area contributed by atoms with Gasteiger partial charge in [-0.1, -0.05) is 6.08 Å². The molecule has 1 fully saturated rings. The second-order valence-corrected chi connectivity index (χ2v) is 6.13. The summed E-state index contributed by atoms with van der Waals surface area (Å²) in [5.74, 6) is -0.368. The van der Waals surface area contributed by atoms with Gasteiger partial charge in [0.05, 0.1) is 5.71 Å². The lowest BCUT2D eigenvalue weighted by atomic mass is 9.92. The standard InChI is InChI=1S/C11H10F3NO4S/c1-2-6-7(19-20(16,17)11(12,13)14)5-8-10(6)9(18-10)3-4-15-8/h2,5,9H,3-4H2,1H3/t9-,10+/m1/s1. The van der Waals surface area contributed by atoms with Crippen molar-refractivity contribution in [3.05, 3.63) is 23.5 Å². The maximum atomic E-state index is 12.4. The van der Waals surface area contributed by atoms with E-state index in [4.69, 9.17) is 4.74 Å². The molecule has 110 valence electrons. The van der Waals surface area contributed by atoms with E-state index in [2.05, 4.69) is 9.18 Å². The first-order valence-electron chi connectivity index (χ1n) is 5.85. The topological polar surface area (TPSA) is 68.3 Å². The Bertz CT molecular complexity index is 662. The fourth-order valence-electron chi connectivity index (χ4n) is 2.60. The van der Waals surface area contributed by atoms with Crippen molar-refractivity contribution in [1.82, 2.24) is 0 Å². The average molecular weight is 309 g/mol. The Morgan fingerprint density at radius 2 is 2.25 bits per heavy atom. The van der Waals surface area contributed by atoms with Crippen molar-refractivity contribution in [3.8, 4) is 0 Å². The van der Waals surface area contributed by atoms with Gasteiger partial charge >= 0.3 is 15.6 Å². The number of ether oxygens (including phenoxy) is 1. The van der Waals surface area contributed by atoms with Gasteiger partial charge in [0.15, 0.2) is 11.4 Å². The van der Waals surface area contributed by atoms with Gasteiger partial charge in [0.25, 0.3) is 0 Å². The lowest BCUT2D eigenvalue weighted by Crippen LogP contribution is -2.29. The molecule has 2 heterocycles. The maximum absolute atomic E-state index is 12.4. The van der Waals surface area contributed by atoms with Crippen LogP contribution in [0.4, 0.5) is 13.2 Å². The Morgan fingerprint density at radius 1 is 1.55 bits per heavy atom. The van der Waals surface area contributed by atoms with E-state index in [1.807, 2.05) is 0 Å².